The second kappa shape index (κ2) is 5.71. The van der Waals surface area contributed by atoms with Gasteiger partial charge in [-0.25, -0.2) is 4.98 Å². The third kappa shape index (κ3) is 3.51. The van der Waals surface area contributed by atoms with Gasteiger partial charge in [0.1, 0.15) is 5.82 Å². The molecule has 0 aliphatic rings. The largest absolute Gasteiger partial charge is 0.389 e. The minimum atomic E-state index is -0.438. The Bertz CT molecular complexity index is 282. The Morgan fingerprint density at radius 1 is 1.47 bits per heavy atom. The van der Waals surface area contributed by atoms with E-state index in [1.54, 1.807) is 13.1 Å². The number of nitrogens with zero attached hydrogens (tertiary/aromatic N) is 2. The van der Waals surface area contributed by atoms with E-state index in [1.165, 1.54) is 12.8 Å². The summed E-state index contributed by atoms with van der Waals surface area (Å²) < 4.78 is 0. The molecular weight excluding hydrogens is 188 g/mol. The van der Waals surface area contributed by atoms with Crippen LogP contribution in [0.15, 0.2) is 18.3 Å². The summed E-state index contributed by atoms with van der Waals surface area (Å²) in [5.41, 5.74) is 0.864. The quantitative estimate of drug-likeness (QED) is 0.807. The Kier molecular flexibility index (Phi) is 4.56. The van der Waals surface area contributed by atoms with Gasteiger partial charge in [0, 0.05) is 19.8 Å². The van der Waals surface area contributed by atoms with Crippen molar-refractivity contribution in [3.63, 3.8) is 0 Å². The molecule has 1 heterocycles. The smallest absolute Gasteiger partial charge is 0.128 e. The van der Waals surface area contributed by atoms with Crippen LogP contribution in [0.25, 0.3) is 0 Å². The Morgan fingerprint density at radius 3 is 2.67 bits per heavy atom. The van der Waals surface area contributed by atoms with Crippen LogP contribution in [-0.4, -0.2) is 23.7 Å². The van der Waals surface area contributed by atoms with E-state index < -0.39 is 6.10 Å². The van der Waals surface area contributed by atoms with Crippen molar-refractivity contribution in [1.82, 2.24) is 4.98 Å². The number of unbranched alkanes of at least 4 members (excludes halogenated alkanes) is 1. The van der Waals surface area contributed by atoms with Gasteiger partial charge in [0.05, 0.1) is 6.10 Å². The number of hydrogen-bond donors (Lipinski definition) is 1. The number of rotatable bonds is 5. The van der Waals surface area contributed by atoms with Crippen molar-refractivity contribution in [3.8, 4) is 0 Å². The predicted octanol–water partition coefficient (Wildman–Crippen LogP) is 2.37. The fourth-order valence-electron chi connectivity index (χ4n) is 1.38. The minimum Gasteiger partial charge on any atom is -0.389 e. The number of pyridine rings is 1. The Balaban J connectivity index is 2.62. The molecule has 1 rings (SSSR count). The average molecular weight is 208 g/mol. The van der Waals surface area contributed by atoms with Crippen LogP contribution in [0, 0.1) is 0 Å². The van der Waals surface area contributed by atoms with Crippen LogP contribution in [-0.2, 0) is 0 Å². The van der Waals surface area contributed by atoms with Gasteiger partial charge in [0.2, 0.25) is 0 Å². The van der Waals surface area contributed by atoms with E-state index in [2.05, 4.69) is 16.8 Å². The highest BCUT2D eigenvalue weighted by Crippen LogP contribution is 2.15. The summed E-state index contributed by atoms with van der Waals surface area (Å²) in [6.45, 7) is 4.95. The molecule has 3 nitrogen and oxygen atoms in total. The zero-order valence-electron chi connectivity index (χ0n) is 9.77. The van der Waals surface area contributed by atoms with E-state index in [0.717, 1.165) is 17.9 Å². The van der Waals surface area contributed by atoms with Crippen molar-refractivity contribution in [2.75, 3.05) is 18.5 Å². The van der Waals surface area contributed by atoms with E-state index in [-0.39, 0.29) is 0 Å². The average Bonchev–Trinajstić information content (AvgIpc) is 2.26. The summed E-state index contributed by atoms with van der Waals surface area (Å²) >= 11 is 0. The standard InChI is InChI=1S/C12H20N2O/c1-4-5-8-14(3)12-7-6-11(9-13-12)10(2)15/h6-7,9-10,15H,4-5,8H2,1-3H3. The molecule has 0 spiro atoms. The van der Waals surface area contributed by atoms with Gasteiger partial charge < -0.3 is 10.0 Å². The second-order valence-corrected chi connectivity index (χ2v) is 3.90. The monoisotopic (exact) mass is 208 g/mol. The molecule has 1 unspecified atom stereocenters. The van der Waals surface area contributed by atoms with Crippen LogP contribution in [0.3, 0.4) is 0 Å². The highest BCUT2D eigenvalue weighted by Gasteiger charge is 2.04. The maximum atomic E-state index is 9.34. The molecule has 1 atom stereocenters. The van der Waals surface area contributed by atoms with E-state index >= 15 is 0 Å². The first-order valence-corrected chi connectivity index (χ1v) is 5.50. The fourth-order valence-corrected chi connectivity index (χ4v) is 1.38. The Labute approximate surface area is 91.8 Å². The number of aromatic nitrogens is 1. The summed E-state index contributed by atoms with van der Waals surface area (Å²) in [6, 6.07) is 3.88. The van der Waals surface area contributed by atoms with Crippen LogP contribution in [0.4, 0.5) is 5.82 Å². The van der Waals surface area contributed by atoms with Gasteiger partial charge in [-0.2, -0.15) is 0 Å². The summed E-state index contributed by atoms with van der Waals surface area (Å²) in [6.07, 6.45) is 3.67. The molecule has 0 aromatic carbocycles. The van der Waals surface area contributed by atoms with Crippen molar-refractivity contribution in [2.45, 2.75) is 32.8 Å². The molecule has 0 radical (unpaired) electrons. The first kappa shape index (κ1) is 12.0. The van der Waals surface area contributed by atoms with E-state index in [4.69, 9.17) is 0 Å². The Hall–Kier alpha value is -1.09. The van der Waals surface area contributed by atoms with E-state index in [9.17, 15) is 5.11 Å². The van der Waals surface area contributed by atoms with E-state index in [0.29, 0.717) is 0 Å². The van der Waals surface area contributed by atoms with Crippen LogP contribution < -0.4 is 4.90 Å². The van der Waals surface area contributed by atoms with Gasteiger partial charge in [-0.1, -0.05) is 19.4 Å². The minimum absolute atomic E-state index is 0.438. The van der Waals surface area contributed by atoms with Gasteiger partial charge >= 0.3 is 0 Å². The lowest BCUT2D eigenvalue weighted by Gasteiger charge is -2.18. The number of hydrogen-bond acceptors (Lipinski definition) is 3. The maximum Gasteiger partial charge on any atom is 0.128 e. The van der Waals surface area contributed by atoms with Gasteiger partial charge in [0.25, 0.3) is 0 Å². The molecule has 0 amide bonds. The van der Waals surface area contributed by atoms with Crippen LogP contribution in [0.1, 0.15) is 38.4 Å². The van der Waals surface area contributed by atoms with Crippen molar-refractivity contribution >= 4 is 5.82 Å². The van der Waals surface area contributed by atoms with Crippen LogP contribution >= 0.6 is 0 Å². The zero-order valence-corrected chi connectivity index (χ0v) is 9.77. The summed E-state index contributed by atoms with van der Waals surface area (Å²) in [4.78, 5) is 6.45. The topological polar surface area (TPSA) is 36.4 Å². The predicted molar refractivity (Wildman–Crippen MR) is 63.0 cm³/mol. The molecule has 1 N–H and O–H groups in total. The lowest BCUT2D eigenvalue weighted by Crippen LogP contribution is -2.19. The molecule has 3 heteroatoms. The summed E-state index contributed by atoms with van der Waals surface area (Å²) in [5, 5.41) is 9.34. The Morgan fingerprint density at radius 2 is 2.20 bits per heavy atom. The van der Waals surface area contributed by atoms with Gasteiger partial charge in [-0.3, -0.25) is 0 Å². The molecule has 84 valence electrons. The lowest BCUT2D eigenvalue weighted by atomic mass is 10.2. The van der Waals surface area contributed by atoms with Crippen LogP contribution in [0.5, 0.6) is 0 Å². The number of aliphatic hydroxyl groups excluding tert-OH is 1. The summed E-state index contributed by atoms with van der Waals surface area (Å²) in [5.74, 6) is 0.966. The normalized spacial score (nSPS) is 12.5. The van der Waals surface area contributed by atoms with E-state index in [1.807, 2.05) is 19.2 Å². The molecule has 0 fully saturated rings. The molecule has 1 aromatic heterocycles. The molecule has 0 saturated heterocycles. The van der Waals surface area contributed by atoms with Crippen molar-refractivity contribution < 1.29 is 5.11 Å². The van der Waals surface area contributed by atoms with Crippen molar-refractivity contribution in [1.29, 1.82) is 0 Å². The fraction of sp³-hybridized carbons (Fsp3) is 0.583. The second-order valence-electron chi connectivity index (χ2n) is 3.90. The maximum absolute atomic E-state index is 9.34. The van der Waals surface area contributed by atoms with Gasteiger partial charge in [-0.05, 0) is 25.0 Å². The molecule has 15 heavy (non-hydrogen) atoms. The zero-order chi connectivity index (χ0) is 11.3. The molecule has 0 saturated carbocycles. The third-order valence-corrected chi connectivity index (χ3v) is 2.49. The molecule has 1 aromatic rings. The van der Waals surface area contributed by atoms with Gasteiger partial charge in [0.15, 0.2) is 0 Å². The molecule has 0 bridgehead atoms. The van der Waals surface area contributed by atoms with Crippen molar-refractivity contribution in [3.05, 3.63) is 23.9 Å². The SMILES string of the molecule is CCCCN(C)c1ccc(C(C)O)cn1. The lowest BCUT2D eigenvalue weighted by molar-refractivity contribution is 0.199. The first-order chi connectivity index (χ1) is 7.15. The first-order valence-electron chi connectivity index (χ1n) is 5.50. The highest BCUT2D eigenvalue weighted by molar-refractivity contribution is 5.38. The summed E-state index contributed by atoms with van der Waals surface area (Å²) in [7, 11) is 2.04. The van der Waals surface area contributed by atoms with Crippen molar-refractivity contribution in [2.24, 2.45) is 0 Å². The third-order valence-electron chi connectivity index (χ3n) is 2.49. The molecular formula is C12H20N2O. The molecule has 0 aliphatic carbocycles. The molecule has 0 aliphatic heterocycles. The number of anilines is 1. The van der Waals surface area contributed by atoms with Gasteiger partial charge in [-0.15, -0.1) is 0 Å². The van der Waals surface area contributed by atoms with Crippen LogP contribution in [0.2, 0.25) is 0 Å². The highest BCUT2D eigenvalue weighted by atomic mass is 16.3. The number of aliphatic hydroxyl groups is 1.